The lowest BCUT2D eigenvalue weighted by atomic mass is 9.80. The van der Waals surface area contributed by atoms with Crippen LogP contribution in [0.1, 0.15) is 32.6 Å². The Morgan fingerprint density at radius 2 is 2.05 bits per heavy atom. The molecule has 0 aliphatic carbocycles. The Kier molecular flexibility index (Phi) is 4.13. The van der Waals surface area contributed by atoms with Crippen molar-refractivity contribution < 1.29 is 9.84 Å². The van der Waals surface area contributed by atoms with Gasteiger partial charge in [-0.3, -0.25) is 9.80 Å². The molecule has 0 saturated carbocycles. The summed E-state index contributed by atoms with van der Waals surface area (Å²) in [4.78, 5) is 5.30. The number of hydrogen-bond acceptors (Lipinski definition) is 4. The van der Waals surface area contributed by atoms with Crippen molar-refractivity contribution in [3.63, 3.8) is 0 Å². The summed E-state index contributed by atoms with van der Waals surface area (Å²) in [5.41, 5.74) is 0.0906. The molecule has 0 aromatic heterocycles. The second-order valence-corrected chi connectivity index (χ2v) is 6.84. The number of aliphatic hydroxyl groups excluding tert-OH is 1. The predicted molar refractivity (Wildman–Crippen MR) is 75.2 cm³/mol. The molecule has 1 N–H and O–H groups in total. The summed E-state index contributed by atoms with van der Waals surface area (Å²) in [5.74, 6) is 0. The summed E-state index contributed by atoms with van der Waals surface area (Å²) in [6, 6.07) is 1.40. The van der Waals surface area contributed by atoms with Crippen molar-refractivity contribution in [2.75, 3.05) is 46.0 Å². The standard InChI is InChI=1S/C15H28N2O2/c1-13-9-16-6-2-3-14(16)10-17(13)11-15(12-18)4-7-19-8-5-15/h13-14,18H,2-12H2,1H3. The van der Waals surface area contributed by atoms with E-state index >= 15 is 0 Å². The molecule has 0 amide bonds. The first-order chi connectivity index (χ1) is 9.22. The fraction of sp³-hybridized carbons (Fsp3) is 1.00. The summed E-state index contributed by atoms with van der Waals surface area (Å²) >= 11 is 0. The van der Waals surface area contributed by atoms with E-state index in [-0.39, 0.29) is 5.41 Å². The van der Waals surface area contributed by atoms with Crippen molar-refractivity contribution in [1.29, 1.82) is 0 Å². The number of piperazine rings is 1. The maximum atomic E-state index is 9.85. The quantitative estimate of drug-likeness (QED) is 0.826. The minimum absolute atomic E-state index is 0.0906. The first-order valence-corrected chi connectivity index (χ1v) is 7.89. The minimum Gasteiger partial charge on any atom is -0.396 e. The molecule has 19 heavy (non-hydrogen) atoms. The lowest BCUT2D eigenvalue weighted by Gasteiger charge is -2.47. The van der Waals surface area contributed by atoms with Gasteiger partial charge in [-0.05, 0) is 39.2 Å². The van der Waals surface area contributed by atoms with Crippen LogP contribution in [0.15, 0.2) is 0 Å². The summed E-state index contributed by atoms with van der Waals surface area (Å²) in [7, 11) is 0. The summed E-state index contributed by atoms with van der Waals surface area (Å²) < 4.78 is 5.47. The number of ether oxygens (including phenoxy) is 1. The van der Waals surface area contributed by atoms with Crippen LogP contribution in [-0.2, 0) is 4.74 Å². The molecule has 0 spiro atoms. The molecular formula is C15H28N2O2. The largest absolute Gasteiger partial charge is 0.396 e. The van der Waals surface area contributed by atoms with E-state index < -0.39 is 0 Å². The average molecular weight is 268 g/mol. The van der Waals surface area contributed by atoms with Gasteiger partial charge in [0.1, 0.15) is 0 Å². The molecule has 4 nitrogen and oxygen atoms in total. The number of rotatable bonds is 3. The lowest BCUT2D eigenvalue weighted by Crippen LogP contribution is -2.58. The van der Waals surface area contributed by atoms with Crippen LogP contribution in [0.2, 0.25) is 0 Å². The van der Waals surface area contributed by atoms with Gasteiger partial charge in [0.05, 0.1) is 6.61 Å². The third kappa shape index (κ3) is 2.82. The predicted octanol–water partition coefficient (Wildman–Crippen LogP) is 0.944. The topological polar surface area (TPSA) is 35.9 Å². The second kappa shape index (κ2) is 5.68. The Hall–Kier alpha value is -0.160. The van der Waals surface area contributed by atoms with Crippen LogP contribution < -0.4 is 0 Å². The molecule has 3 rings (SSSR count). The Balaban J connectivity index is 1.64. The second-order valence-electron chi connectivity index (χ2n) is 6.84. The van der Waals surface area contributed by atoms with Gasteiger partial charge in [0, 0.05) is 50.3 Å². The van der Waals surface area contributed by atoms with Gasteiger partial charge in [-0.1, -0.05) is 0 Å². The Morgan fingerprint density at radius 3 is 2.79 bits per heavy atom. The third-order valence-corrected chi connectivity index (χ3v) is 5.49. The van der Waals surface area contributed by atoms with E-state index in [0.717, 1.165) is 38.6 Å². The van der Waals surface area contributed by atoms with E-state index in [9.17, 15) is 5.11 Å². The maximum Gasteiger partial charge on any atom is 0.0501 e. The molecule has 2 unspecified atom stereocenters. The minimum atomic E-state index is 0.0906. The molecule has 0 aromatic rings. The van der Waals surface area contributed by atoms with Crippen molar-refractivity contribution in [2.45, 2.75) is 44.7 Å². The van der Waals surface area contributed by atoms with Crippen molar-refractivity contribution >= 4 is 0 Å². The fourth-order valence-corrected chi connectivity index (χ4v) is 4.07. The number of fused-ring (bicyclic) bond motifs is 1. The maximum absolute atomic E-state index is 9.85. The van der Waals surface area contributed by atoms with E-state index in [2.05, 4.69) is 16.7 Å². The van der Waals surface area contributed by atoms with Crippen molar-refractivity contribution in [3.8, 4) is 0 Å². The molecule has 3 aliphatic heterocycles. The van der Waals surface area contributed by atoms with Crippen LogP contribution in [0.4, 0.5) is 0 Å². The fourth-order valence-electron chi connectivity index (χ4n) is 4.07. The van der Waals surface area contributed by atoms with Gasteiger partial charge in [-0.15, -0.1) is 0 Å². The number of aliphatic hydroxyl groups is 1. The van der Waals surface area contributed by atoms with Crippen LogP contribution in [0.5, 0.6) is 0 Å². The molecular weight excluding hydrogens is 240 g/mol. The highest BCUT2D eigenvalue weighted by Crippen LogP contribution is 2.33. The molecule has 4 heteroatoms. The Bertz CT molecular complexity index is 305. The number of hydrogen-bond donors (Lipinski definition) is 1. The molecule has 2 atom stereocenters. The van der Waals surface area contributed by atoms with Crippen LogP contribution >= 0.6 is 0 Å². The van der Waals surface area contributed by atoms with Gasteiger partial charge in [0.15, 0.2) is 0 Å². The first kappa shape index (κ1) is 13.8. The highest BCUT2D eigenvalue weighted by Gasteiger charge is 2.39. The zero-order chi connectivity index (χ0) is 13.3. The highest BCUT2D eigenvalue weighted by molar-refractivity contribution is 4.94. The smallest absolute Gasteiger partial charge is 0.0501 e. The van der Waals surface area contributed by atoms with Gasteiger partial charge >= 0.3 is 0 Å². The molecule has 0 aromatic carbocycles. The van der Waals surface area contributed by atoms with Crippen molar-refractivity contribution in [1.82, 2.24) is 9.80 Å². The molecule has 3 fully saturated rings. The Labute approximate surface area is 116 Å². The average Bonchev–Trinajstić information content (AvgIpc) is 2.87. The van der Waals surface area contributed by atoms with Crippen molar-refractivity contribution in [2.24, 2.45) is 5.41 Å². The van der Waals surface area contributed by atoms with E-state index in [1.165, 1.54) is 32.5 Å². The summed E-state index contributed by atoms with van der Waals surface area (Å²) in [6.07, 6.45) is 4.75. The van der Waals surface area contributed by atoms with Gasteiger partial charge in [-0.2, -0.15) is 0 Å². The summed E-state index contributed by atoms with van der Waals surface area (Å²) in [5, 5.41) is 9.85. The zero-order valence-corrected chi connectivity index (χ0v) is 12.2. The summed E-state index contributed by atoms with van der Waals surface area (Å²) in [6.45, 7) is 9.05. The van der Waals surface area contributed by atoms with Gasteiger partial charge < -0.3 is 9.84 Å². The SMILES string of the molecule is CC1CN2CCCC2CN1CC1(CO)CCOCC1. The van der Waals surface area contributed by atoms with Crippen molar-refractivity contribution in [3.05, 3.63) is 0 Å². The normalized spacial score (nSPS) is 36.3. The van der Waals surface area contributed by atoms with Crippen LogP contribution in [0, 0.1) is 5.41 Å². The molecule has 3 heterocycles. The van der Waals surface area contributed by atoms with Crippen LogP contribution in [-0.4, -0.2) is 73.0 Å². The zero-order valence-electron chi connectivity index (χ0n) is 12.2. The first-order valence-electron chi connectivity index (χ1n) is 7.89. The van der Waals surface area contributed by atoms with Gasteiger partial charge in [-0.25, -0.2) is 0 Å². The molecule has 0 radical (unpaired) electrons. The van der Waals surface area contributed by atoms with E-state index in [0.29, 0.717) is 12.6 Å². The Morgan fingerprint density at radius 1 is 1.26 bits per heavy atom. The van der Waals surface area contributed by atoms with Gasteiger partial charge in [0.25, 0.3) is 0 Å². The van der Waals surface area contributed by atoms with E-state index in [1.807, 2.05) is 0 Å². The van der Waals surface area contributed by atoms with Gasteiger partial charge in [0.2, 0.25) is 0 Å². The lowest BCUT2D eigenvalue weighted by molar-refractivity contribution is -0.0541. The number of nitrogens with zero attached hydrogens (tertiary/aromatic N) is 2. The monoisotopic (exact) mass is 268 g/mol. The highest BCUT2D eigenvalue weighted by atomic mass is 16.5. The van der Waals surface area contributed by atoms with E-state index in [4.69, 9.17) is 4.74 Å². The van der Waals surface area contributed by atoms with E-state index in [1.54, 1.807) is 0 Å². The molecule has 3 saturated heterocycles. The molecule has 110 valence electrons. The third-order valence-electron chi connectivity index (χ3n) is 5.49. The molecule has 0 bridgehead atoms. The van der Waals surface area contributed by atoms with Crippen LogP contribution in [0.3, 0.4) is 0 Å². The van der Waals surface area contributed by atoms with Crippen LogP contribution in [0.25, 0.3) is 0 Å². The molecule has 3 aliphatic rings.